The molecule has 94 valence electrons. The summed E-state index contributed by atoms with van der Waals surface area (Å²) < 4.78 is 5.76. The zero-order valence-electron chi connectivity index (χ0n) is 9.92. The number of methoxy groups -OCH3 is 1. The van der Waals surface area contributed by atoms with Crippen molar-refractivity contribution in [2.24, 2.45) is 0 Å². The van der Waals surface area contributed by atoms with Gasteiger partial charge in [-0.15, -0.1) is 0 Å². The van der Waals surface area contributed by atoms with Gasteiger partial charge in [-0.3, -0.25) is 4.79 Å². The Hall–Kier alpha value is -1.14. The summed E-state index contributed by atoms with van der Waals surface area (Å²) in [6.45, 7) is 3.17. The molecule has 0 spiro atoms. The molecule has 17 heavy (non-hydrogen) atoms. The lowest BCUT2D eigenvalue weighted by atomic mass is 10.3. The standard InChI is InChI=1S/C11H16BrN3O2/c1-8-5-9(12)6-14-11(8)15-7-10(16)13-3-4-17-2/h5-6H,3-4,7H2,1-2H3,(H,13,16)(H,14,15). The largest absolute Gasteiger partial charge is 0.383 e. The molecule has 1 aromatic rings. The molecule has 6 heteroatoms. The summed E-state index contributed by atoms with van der Waals surface area (Å²) in [5.74, 6) is 0.640. The highest BCUT2D eigenvalue weighted by atomic mass is 79.9. The molecular weight excluding hydrogens is 286 g/mol. The smallest absolute Gasteiger partial charge is 0.239 e. The average Bonchev–Trinajstić information content (AvgIpc) is 2.28. The van der Waals surface area contributed by atoms with E-state index in [1.54, 1.807) is 13.3 Å². The monoisotopic (exact) mass is 301 g/mol. The van der Waals surface area contributed by atoms with E-state index >= 15 is 0 Å². The molecule has 1 amide bonds. The molecule has 2 N–H and O–H groups in total. The first-order valence-corrected chi connectivity index (χ1v) is 6.04. The highest BCUT2D eigenvalue weighted by molar-refractivity contribution is 9.10. The summed E-state index contributed by atoms with van der Waals surface area (Å²) in [7, 11) is 1.60. The van der Waals surface area contributed by atoms with Crippen molar-refractivity contribution in [3.63, 3.8) is 0 Å². The number of ether oxygens (including phenoxy) is 1. The zero-order chi connectivity index (χ0) is 12.7. The number of halogens is 1. The third-order valence-electron chi connectivity index (χ3n) is 2.09. The quantitative estimate of drug-likeness (QED) is 0.778. The van der Waals surface area contributed by atoms with Gasteiger partial charge in [0.2, 0.25) is 5.91 Å². The van der Waals surface area contributed by atoms with Crippen LogP contribution in [0.5, 0.6) is 0 Å². The molecule has 0 unspecified atom stereocenters. The van der Waals surface area contributed by atoms with Crippen molar-refractivity contribution in [1.82, 2.24) is 10.3 Å². The van der Waals surface area contributed by atoms with Crippen molar-refractivity contribution in [2.45, 2.75) is 6.92 Å². The van der Waals surface area contributed by atoms with Crippen molar-refractivity contribution in [3.05, 3.63) is 22.3 Å². The lowest BCUT2D eigenvalue weighted by molar-refractivity contribution is -0.119. The number of hydrogen-bond donors (Lipinski definition) is 2. The van der Waals surface area contributed by atoms with Gasteiger partial charge in [-0.2, -0.15) is 0 Å². The predicted octanol–water partition coefficient (Wildman–Crippen LogP) is 1.33. The number of hydrogen-bond acceptors (Lipinski definition) is 4. The Labute approximate surface area is 109 Å². The predicted molar refractivity (Wildman–Crippen MR) is 70.0 cm³/mol. The number of amides is 1. The summed E-state index contributed by atoms with van der Waals surface area (Å²) in [5, 5.41) is 5.70. The summed E-state index contributed by atoms with van der Waals surface area (Å²) in [6, 6.07) is 1.94. The highest BCUT2D eigenvalue weighted by Gasteiger charge is 2.03. The van der Waals surface area contributed by atoms with Gasteiger partial charge in [-0.25, -0.2) is 4.98 Å². The molecule has 1 rings (SSSR count). The molecule has 1 heterocycles. The first-order valence-electron chi connectivity index (χ1n) is 5.25. The Morgan fingerprint density at radius 1 is 1.59 bits per heavy atom. The second-order valence-corrected chi connectivity index (χ2v) is 4.43. The number of carbonyl (C=O) groups excluding carboxylic acids is 1. The molecular formula is C11H16BrN3O2. The molecule has 0 atom stereocenters. The van der Waals surface area contributed by atoms with Crippen molar-refractivity contribution in [3.8, 4) is 0 Å². The van der Waals surface area contributed by atoms with Crippen LogP contribution in [0.1, 0.15) is 5.56 Å². The van der Waals surface area contributed by atoms with Crippen LogP contribution in [0.2, 0.25) is 0 Å². The van der Waals surface area contributed by atoms with Crippen LogP contribution in [0.25, 0.3) is 0 Å². The van der Waals surface area contributed by atoms with Crippen LogP contribution in [0.15, 0.2) is 16.7 Å². The number of pyridine rings is 1. The van der Waals surface area contributed by atoms with E-state index in [-0.39, 0.29) is 12.5 Å². The molecule has 0 aliphatic heterocycles. The second-order valence-electron chi connectivity index (χ2n) is 3.52. The Balaban J connectivity index is 2.37. The van der Waals surface area contributed by atoms with Crippen molar-refractivity contribution in [1.29, 1.82) is 0 Å². The van der Waals surface area contributed by atoms with Gasteiger partial charge in [0.1, 0.15) is 5.82 Å². The maximum atomic E-state index is 11.4. The minimum Gasteiger partial charge on any atom is -0.383 e. The average molecular weight is 302 g/mol. The molecule has 0 aliphatic rings. The maximum absolute atomic E-state index is 11.4. The topological polar surface area (TPSA) is 63.2 Å². The van der Waals surface area contributed by atoms with Crippen molar-refractivity contribution < 1.29 is 9.53 Å². The van der Waals surface area contributed by atoms with E-state index in [0.717, 1.165) is 15.9 Å². The Morgan fingerprint density at radius 3 is 3.00 bits per heavy atom. The molecule has 0 aliphatic carbocycles. The minimum atomic E-state index is -0.0776. The summed E-state index contributed by atoms with van der Waals surface area (Å²) in [6.07, 6.45) is 1.69. The zero-order valence-corrected chi connectivity index (χ0v) is 11.5. The number of carbonyl (C=O) groups is 1. The van der Waals surface area contributed by atoms with Gasteiger partial charge in [0, 0.05) is 24.3 Å². The number of nitrogens with one attached hydrogen (secondary N) is 2. The fourth-order valence-electron chi connectivity index (χ4n) is 1.24. The van der Waals surface area contributed by atoms with E-state index in [1.807, 2.05) is 13.0 Å². The third-order valence-corrected chi connectivity index (χ3v) is 2.52. The number of aryl methyl sites for hydroxylation is 1. The molecule has 0 saturated heterocycles. The van der Waals surface area contributed by atoms with Crippen LogP contribution in [-0.2, 0) is 9.53 Å². The molecule has 0 bridgehead atoms. The van der Waals surface area contributed by atoms with Gasteiger partial charge in [0.05, 0.1) is 13.2 Å². The van der Waals surface area contributed by atoms with E-state index in [1.165, 1.54) is 0 Å². The number of anilines is 1. The molecule has 0 radical (unpaired) electrons. The second kappa shape index (κ2) is 7.24. The fourth-order valence-corrected chi connectivity index (χ4v) is 1.69. The Bertz CT molecular complexity index is 385. The van der Waals surface area contributed by atoms with Gasteiger partial charge < -0.3 is 15.4 Å². The van der Waals surface area contributed by atoms with Crippen LogP contribution in [-0.4, -0.2) is 37.7 Å². The van der Waals surface area contributed by atoms with E-state index in [4.69, 9.17) is 4.74 Å². The molecule has 0 aromatic carbocycles. The minimum absolute atomic E-state index is 0.0776. The summed E-state index contributed by atoms with van der Waals surface area (Å²) in [4.78, 5) is 15.6. The molecule has 1 aromatic heterocycles. The lowest BCUT2D eigenvalue weighted by Crippen LogP contribution is -2.32. The number of nitrogens with zero attached hydrogens (tertiary/aromatic N) is 1. The van der Waals surface area contributed by atoms with E-state index in [0.29, 0.717) is 13.2 Å². The molecule has 5 nitrogen and oxygen atoms in total. The Morgan fingerprint density at radius 2 is 2.35 bits per heavy atom. The number of rotatable bonds is 6. The first-order chi connectivity index (χ1) is 8.13. The van der Waals surface area contributed by atoms with Crippen LogP contribution >= 0.6 is 15.9 Å². The van der Waals surface area contributed by atoms with E-state index < -0.39 is 0 Å². The van der Waals surface area contributed by atoms with Crippen LogP contribution in [0.4, 0.5) is 5.82 Å². The van der Waals surface area contributed by atoms with Gasteiger partial charge in [-0.05, 0) is 34.5 Å². The summed E-state index contributed by atoms with van der Waals surface area (Å²) >= 11 is 3.33. The van der Waals surface area contributed by atoms with E-state index in [9.17, 15) is 4.79 Å². The van der Waals surface area contributed by atoms with Gasteiger partial charge in [0.25, 0.3) is 0 Å². The SMILES string of the molecule is COCCNC(=O)CNc1ncc(Br)cc1C. The molecule has 0 fully saturated rings. The van der Waals surface area contributed by atoms with Crippen LogP contribution in [0, 0.1) is 6.92 Å². The lowest BCUT2D eigenvalue weighted by Gasteiger charge is -2.09. The van der Waals surface area contributed by atoms with Crippen molar-refractivity contribution >= 4 is 27.7 Å². The summed E-state index contributed by atoms with van der Waals surface area (Å²) in [5.41, 5.74) is 0.990. The number of aromatic nitrogens is 1. The highest BCUT2D eigenvalue weighted by Crippen LogP contribution is 2.16. The molecule has 0 saturated carbocycles. The van der Waals surface area contributed by atoms with Gasteiger partial charge in [0.15, 0.2) is 0 Å². The Kier molecular flexibility index (Phi) is 5.93. The van der Waals surface area contributed by atoms with Crippen LogP contribution in [0.3, 0.4) is 0 Å². The van der Waals surface area contributed by atoms with Crippen molar-refractivity contribution in [2.75, 3.05) is 32.1 Å². The maximum Gasteiger partial charge on any atom is 0.239 e. The van der Waals surface area contributed by atoms with Gasteiger partial charge >= 0.3 is 0 Å². The van der Waals surface area contributed by atoms with E-state index in [2.05, 4.69) is 31.5 Å². The van der Waals surface area contributed by atoms with Gasteiger partial charge in [-0.1, -0.05) is 0 Å². The fraction of sp³-hybridized carbons (Fsp3) is 0.455. The third kappa shape index (κ3) is 5.14. The van der Waals surface area contributed by atoms with Crippen LogP contribution < -0.4 is 10.6 Å². The normalized spacial score (nSPS) is 10.1. The first kappa shape index (κ1) is 13.9.